The van der Waals surface area contributed by atoms with E-state index in [2.05, 4.69) is 11.6 Å². The van der Waals surface area contributed by atoms with E-state index in [-0.39, 0.29) is 0 Å². The predicted molar refractivity (Wildman–Crippen MR) is 96.1 cm³/mol. The van der Waals surface area contributed by atoms with Crippen LogP contribution in [0.4, 0.5) is 0 Å². The van der Waals surface area contributed by atoms with Crippen LogP contribution in [-0.2, 0) is 21.7 Å². The van der Waals surface area contributed by atoms with Gasteiger partial charge in [-0.2, -0.15) is 0 Å². The van der Waals surface area contributed by atoms with Crippen LogP contribution >= 0.6 is 11.8 Å². The number of hydrogen-bond donors (Lipinski definition) is 1. The number of rotatable bonds is 6. The molecule has 3 rings (SSSR count). The van der Waals surface area contributed by atoms with E-state index >= 15 is 0 Å². The molecule has 0 aliphatic carbocycles. The summed E-state index contributed by atoms with van der Waals surface area (Å²) in [7, 11) is 0. The van der Waals surface area contributed by atoms with Gasteiger partial charge >= 0.3 is 5.97 Å². The predicted octanol–water partition coefficient (Wildman–Crippen LogP) is 3.54. The molecule has 0 radical (unpaired) electrons. The van der Waals surface area contributed by atoms with E-state index in [4.69, 9.17) is 14.6 Å². The lowest BCUT2D eigenvalue weighted by Gasteiger charge is -2.26. The molecule has 1 N–H and O–H groups in total. The average Bonchev–Trinajstić information content (AvgIpc) is 3.00. The lowest BCUT2D eigenvalue weighted by molar-refractivity contribution is -0.139. The van der Waals surface area contributed by atoms with Crippen molar-refractivity contribution < 1.29 is 19.4 Å². The maximum atomic E-state index is 10.9. The van der Waals surface area contributed by atoms with Gasteiger partial charge in [0.05, 0.1) is 12.3 Å². The summed E-state index contributed by atoms with van der Waals surface area (Å²) in [6.07, 6.45) is 5.54. The van der Waals surface area contributed by atoms with E-state index in [1.165, 1.54) is 0 Å². The summed E-state index contributed by atoms with van der Waals surface area (Å²) >= 11 is 1.67. The van der Waals surface area contributed by atoms with Crippen LogP contribution in [0.3, 0.4) is 0 Å². The Balaban J connectivity index is 2.08. The number of aliphatic carboxylic acids is 1. The summed E-state index contributed by atoms with van der Waals surface area (Å²) in [6.45, 7) is 5.65. The fourth-order valence-corrected chi connectivity index (χ4v) is 3.46. The molecule has 0 spiro atoms. The Kier molecular flexibility index (Phi) is 4.83. The van der Waals surface area contributed by atoms with Crippen molar-refractivity contribution in [2.24, 2.45) is 0 Å². The molecule has 0 fully saturated rings. The molecule has 1 aromatic heterocycles. The summed E-state index contributed by atoms with van der Waals surface area (Å²) in [4.78, 5) is 16.4. The molecule has 130 valence electrons. The van der Waals surface area contributed by atoms with Crippen molar-refractivity contribution in [1.82, 2.24) is 4.98 Å². The second kappa shape index (κ2) is 6.90. The zero-order valence-electron chi connectivity index (χ0n) is 14.1. The number of benzene rings is 1. The fraction of sp³-hybridized carbons (Fsp3) is 0.263. The van der Waals surface area contributed by atoms with Gasteiger partial charge in [-0.3, -0.25) is 4.98 Å². The molecule has 1 unspecified atom stereocenters. The molecule has 0 amide bonds. The summed E-state index contributed by atoms with van der Waals surface area (Å²) in [5, 5.41) is 8.90. The number of fused-ring (bicyclic) bond motifs is 1. The Hall–Kier alpha value is -2.31. The minimum Gasteiger partial charge on any atom is -0.480 e. The number of nitrogens with zero attached hydrogens (tertiary/aromatic N) is 1. The molecule has 5 nitrogen and oxygen atoms in total. The minimum atomic E-state index is -1.03. The van der Waals surface area contributed by atoms with Crippen LogP contribution in [0.5, 0.6) is 5.75 Å². The molecular formula is C19H19NO4S. The first-order valence-electron chi connectivity index (χ1n) is 7.77. The van der Waals surface area contributed by atoms with Gasteiger partial charge in [0.15, 0.2) is 6.61 Å². The molecular weight excluding hydrogens is 338 g/mol. The van der Waals surface area contributed by atoms with Gasteiger partial charge in [0, 0.05) is 22.2 Å². The van der Waals surface area contributed by atoms with Crippen molar-refractivity contribution in [1.29, 1.82) is 0 Å². The molecule has 1 aliphatic heterocycles. The molecule has 0 saturated carbocycles. The van der Waals surface area contributed by atoms with Crippen molar-refractivity contribution in [2.75, 3.05) is 12.9 Å². The maximum Gasteiger partial charge on any atom is 0.341 e. The number of aromatic nitrogens is 1. The Morgan fingerprint density at radius 1 is 1.48 bits per heavy atom. The van der Waals surface area contributed by atoms with Crippen LogP contribution in [0.25, 0.3) is 0 Å². The van der Waals surface area contributed by atoms with E-state index in [1.54, 1.807) is 31.0 Å². The largest absolute Gasteiger partial charge is 0.480 e. The second-order valence-electron chi connectivity index (χ2n) is 5.70. The smallest absolute Gasteiger partial charge is 0.341 e. The average molecular weight is 357 g/mol. The SMILES string of the molecule is C=CC1(c2ccc(SC)cc2)OCc2c1cnc(C)c2OCC(=O)O. The number of ether oxygens (including phenoxy) is 2. The number of thioether (sulfide) groups is 1. The topological polar surface area (TPSA) is 68.7 Å². The fourth-order valence-electron chi connectivity index (χ4n) is 3.06. The van der Waals surface area contributed by atoms with E-state index in [9.17, 15) is 4.79 Å². The Morgan fingerprint density at radius 2 is 2.20 bits per heavy atom. The summed E-state index contributed by atoms with van der Waals surface area (Å²) in [5.74, 6) is -0.553. The van der Waals surface area contributed by atoms with Gasteiger partial charge in [-0.15, -0.1) is 11.8 Å². The molecule has 1 aliphatic rings. The van der Waals surface area contributed by atoms with Crippen LogP contribution in [0, 0.1) is 6.92 Å². The van der Waals surface area contributed by atoms with E-state index in [0.717, 1.165) is 21.6 Å². The first-order valence-corrected chi connectivity index (χ1v) is 9.00. The van der Waals surface area contributed by atoms with Gasteiger partial charge in [-0.1, -0.05) is 24.8 Å². The van der Waals surface area contributed by atoms with Crippen molar-refractivity contribution in [3.05, 3.63) is 65.5 Å². The van der Waals surface area contributed by atoms with Gasteiger partial charge < -0.3 is 14.6 Å². The highest BCUT2D eigenvalue weighted by Crippen LogP contribution is 2.46. The number of carboxylic acid groups (broad SMARTS) is 1. The van der Waals surface area contributed by atoms with Gasteiger partial charge in [0.1, 0.15) is 11.4 Å². The highest BCUT2D eigenvalue weighted by Gasteiger charge is 2.41. The Morgan fingerprint density at radius 3 is 2.80 bits per heavy atom. The van der Waals surface area contributed by atoms with Crippen LogP contribution in [-0.4, -0.2) is 28.9 Å². The summed E-state index contributed by atoms with van der Waals surface area (Å²) < 4.78 is 11.6. The monoisotopic (exact) mass is 357 g/mol. The molecule has 2 aromatic rings. The quantitative estimate of drug-likeness (QED) is 0.630. The third kappa shape index (κ3) is 3.03. The number of aryl methyl sites for hydroxylation is 1. The van der Waals surface area contributed by atoms with Crippen LogP contribution in [0.2, 0.25) is 0 Å². The summed E-state index contributed by atoms with van der Waals surface area (Å²) in [5.41, 5.74) is 2.44. The normalized spacial score (nSPS) is 18.6. The van der Waals surface area contributed by atoms with E-state index in [1.807, 2.05) is 30.5 Å². The van der Waals surface area contributed by atoms with Gasteiger partial charge in [-0.05, 0) is 30.9 Å². The van der Waals surface area contributed by atoms with Gasteiger partial charge in [0.25, 0.3) is 0 Å². The molecule has 0 bridgehead atoms. The zero-order chi connectivity index (χ0) is 18.0. The molecule has 0 saturated heterocycles. The molecule has 2 heterocycles. The van der Waals surface area contributed by atoms with E-state index < -0.39 is 18.2 Å². The van der Waals surface area contributed by atoms with Crippen molar-refractivity contribution >= 4 is 17.7 Å². The van der Waals surface area contributed by atoms with Crippen molar-refractivity contribution in [3.63, 3.8) is 0 Å². The Labute approximate surface area is 150 Å². The van der Waals surface area contributed by atoms with Crippen molar-refractivity contribution in [2.45, 2.75) is 24.0 Å². The maximum absolute atomic E-state index is 10.9. The first kappa shape index (κ1) is 17.5. The third-order valence-corrected chi connectivity index (χ3v) is 5.05. The molecule has 1 atom stereocenters. The third-order valence-electron chi connectivity index (χ3n) is 4.31. The molecule has 6 heteroatoms. The van der Waals surface area contributed by atoms with Crippen LogP contribution in [0.15, 0.2) is 48.0 Å². The first-order chi connectivity index (χ1) is 12.0. The van der Waals surface area contributed by atoms with Crippen LogP contribution < -0.4 is 4.74 Å². The standard InChI is InChI=1S/C19H19NO4S/c1-4-19(13-5-7-14(25-3)8-6-13)16-9-20-12(2)18(15(16)10-24-19)23-11-17(21)22/h4-9H,1,10-11H2,2-3H3,(H,21,22). The van der Waals surface area contributed by atoms with Gasteiger partial charge in [-0.25, -0.2) is 4.79 Å². The zero-order valence-corrected chi connectivity index (χ0v) is 14.9. The number of hydrogen-bond acceptors (Lipinski definition) is 5. The number of pyridine rings is 1. The van der Waals surface area contributed by atoms with Crippen molar-refractivity contribution in [3.8, 4) is 5.75 Å². The Bertz CT molecular complexity index is 819. The highest BCUT2D eigenvalue weighted by molar-refractivity contribution is 7.98. The summed E-state index contributed by atoms with van der Waals surface area (Å²) in [6, 6.07) is 8.10. The molecule has 25 heavy (non-hydrogen) atoms. The lowest BCUT2D eigenvalue weighted by atomic mass is 9.86. The van der Waals surface area contributed by atoms with E-state index in [0.29, 0.717) is 18.1 Å². The van der Waals surface area contributed by atoms with Gasteiger partial charge in [0.2, 0.25) is 0 Å². The molecule has 1 aromatic carbocycles. The number of carboxylic acids is 1. The minimum absolute atomic E-state index is 0.309. The van der Waals surface area contributed by atoms with Crippen LogP contribution in [0.1, 0.15) is 22.4 Å². The second-order valence-corrected chi connectivity index (χ2v) is 6.58. The lowest BCUT2D eigenvalue weighted by Crippen LogP contribution is -2.24. The highest BCUT2D eigenvalue weighted by atomic mass is 32.2. The number of carbonyl (C=O) groups is 1.